The summed E-state index contributed by atoms with van der Waals surface area (Å²) in [5.41, 5.74) is 2.31. The number of benzene rings is 4. The van der Waals surface area contributed by atoms with Gasteiger partial charge in [-0.2, -0.15) is 5.10 Å². The summed E-state index contributed by atoms with van der Waals surface area (Å²) in [7, 11) is 0. The summed E-state index contributed by atoms with van der Waals surface area (Å²) in [6.45, 7) is 9.34. The summed E-state index contributed by atoms with van der Waals surface area (Å²) in [6.07, 6.45) is 2.55. The molecule has 0 N–H and O–H groups in total. The monoisotopic (exact) mass is 513 g/mol. The Bertz CT molecular complexity index is 1230. The van der Waals surface area contributed by atoms with Gasteiger partial charge in [0.15, 0.2) is 0 Å². The number of aromatic nitrogens is 2. The molecule has 0 amide bonds. The van der Waals surface area contributed by atoms with Crippen LogP contribution in [0.15, 0.2) is 54.7 Å². The molecular formula is C22H14IrN3-. The standard InChI is InChI=1S/C22H14N3.Ir/c1-3-19-20(23-2)13-25(24-19)18-11-16-9-7-14-5-4-6-15-8-10-17(12-18)22(16)21(14)15;/h4-11,13H,3H2,1H3;/q-1;. The fourth-order valence-corrected chi connectivity index (χ4v) is 3.65. The Hall–Kier alpha value is -2.73. The quantitative estimate of drug-likeness (QED) is 0.220. The average Bonchev–Trinajstić information content (AvgIpc) is 3.09. The zero-order valence-corrected chi connectivity index (χ0v) is 16.5. The van der Waals surface area contributed by atoms with E-state index < -0.39 is 0 Å². The van der Waals surface area contributed by atoms with E-state index in [0.717, 1.165) is 23.2 Å². The number of aryl methyl sites for hydroxylation is 1. The fourth-order valence-electron chi connectivity index (χ4n) is 3.65. The Morgan fingerprint density at radius 3 is 2.46 bits per heavy atom. The van der Waals surface area contributed by atoms with Crippen molar-refractivity contribution in [3.05, 3.63) is 77.9 Å². The van der Waals surface area contributed by atoms with Crippen molar-refractivity contribution in [2.45, 2.75) is 13.3 Å². The van der Waals surface area contributed by atoms with E-state index in [-0.39, 0.29) is 20.1 Å². The van der Waals surface area contributed by atoms with Crippen molar-refractivity contribution in [1.82, 2.24) is 9.78 Å². The minimum absolute atomic E-state index is 0. The second-order valence-electron chi connectivity index (χ2n) is 6.25. The predicted molar refractivity (Wildman–Crippen MR) is 102 cm³/mol. The molecule has 0 aliphatic heterocycles. The second kappa shape index (κ2) is 6.21. The number of hydrogen-bond donors (Lipinski definition) is 0. The van der Waals surface area contributed by atoms with E-state index in [1.165, 1.54) is 26.9 Å². The van der Waals surface area contributed by atoms with Gasteiger partial charge in [0.05, 0.1) is 12.3 Å². The summed E-state index contributed by atoms with van der Waals surface area (Å²) in [4.78, 5) is 3.58. The first kappa shape index (κ1) is 16.7. The van der Waals surface area contributed by atoms with E-state index in [0.29, 0.717) is 5.69 Å². The van der Waals surface area contributed by atoms with Gasteiger partial charge in [-0.1, -0.05) is 54.1 Å². The molecule has 1 radical (unpaired) electrons. The molecule has 0 bridgehead atoms. The van der Waals surface area contributed by atoms with Crippen molar-refractivity contribution < 1.29 is 20.1 Å². The third-order valence-electron chi connectivity index (χ3n) is 4.83. The molecule has 0 aliphatic rings. The molecule has 5 aromatic rings. The zero-order valence-electron chi connectivity index (χ0n) is 14.1. The Morgan fingerprint density at radius 1 is 1.04 bits per heavy atom. The summed E-state index contributed by atoms with van der Waals surface area (Å²) in [5.74, 6) is 0. The van der Waals surface area contributed by atoms with E-state index in [9.17, 15) is 0 Å². The van der Waals surface area contributed by atoms with Gasteiger partial charge in [0, 0.05) is 26.3 Å². The Morgan fingerprint density at radius 2 is 1.77 bits per heavy atom. The van der Waals surface area contributed by atoms with Crippen LogP contribution in [0.5, 0.6) is 0 Å². The van der Waals surface area contributed by atoms with Crippen LogP contribution in [0, 0.1) is 12.6 Å². The van der Waals surface area contributed by atoms with Crippen LogP contribution in [0.1, 0.15) is 12.6 Å². The topological polar surface area (TPSA) is 22.2 Å². The Kier molecular flexibility index (Phi) is 4.00. The molecule has 5 rings (SSSR count). The van der Waals surface area contributed by atoms with Crippen molar-refractivity contribution in [1.29, 1.82) is 0 Å². The fraction of sp³-hybridized carbons (Fsp3) is 0.0909. The normalized spacial score (nSPS) is 11.1. The number of nitrogens with zero attached hydrogens (tertiary/aromatic N) is 3. The van der Waals surface area contributed by atoms with E-state index in [2.05, 4.69) is 64.5 Å². The first-order chi connectivity index (χ1) is 12.3. The van der Waals surface area contributed by atoms with Crippen LogP contribution in [-0.4, -0.2) is 9.78 Å². The van der Waals surface area contributed by atoms with Gasteiger partial charge in [-0.15, -0.1) is 23.6 Å². The Labute approximate surface area is 164 Å². The smallest absolute Gasteiger partial charge is 0.227 e. The molecule has 0 spiro atoms. The van der Waals surface area contributed by atoms with E-state index >= 15 is 0 Å². The van der Waals surface area contributed by atoms with Crippen LogP contribution >= 0.6 is 0 Å². The second-order valence-corrected chi connectivity index (χ2v) is 6.25. The van der Waals surface area contributed by atoms with E-state index in [4.69, 9.17) is 6.57 Å². The molecule has 0 unspecified atom stereocenters. The van der Waals surface area contributed by atoms with Gasteiger partial charge in [0.25, 0.3) is 0 Å². The molecule has 0 saturated heterocycles. The van der Waals surface area contributed by atoms with Crippen LogP contribution in [-0.2, 0) is 26.5 Å². The summed E-state index contributed by atoms with van der Waals surface area (Å²) in [6, 6.07) is 20.6. The average molecular weight is 513 g/mol. The summed E-state index contributed by atoms with van der Waals surface area (Å²) < 4.78 is 1.78. The minimum atomic E-state index is 0. The third kappa shape index (κ3) is 2.33. The summed E-state index contributed by atoms with van der Waals surface area (Å²) >= 11 is 0. The molecular weight excluding hydrogens is 498 g/mol. The minimum Gasteiger partial charge on any atom is -0.271 e. The molecule has 26 heavy (non-hydrogen) atoms. The van der Waals surface area contributed by atoms with Crippen LogP contribution in [0.25, 0.3) is 42.8 Å². The van der Waals surface area contributed by atoms with Crippen molar-refractivity contribution in [3.63, 3.8) is 0 Å². The largest absolute Gasteiger partial charge is 0.271 e. The van der Waals surface area contributed by atoms with Crippen molar-refractivity contribution in [3.8, 4) is 5.69 Å². The van der Waals surface area contributed by atoms with E-state index in [1.807, 2.05) is 6.92 Å². The molecule has 3 nitrogen and oxygen atoms in total. The molecule has 0 aliphatic carbocycles. The van der Waals surface area contributed by atoms with Crippen LogP contribution in [0.4, 0.5) is 5.69 Å². The zero-order chi connectivity index (χ0) is 17.0. The van der Waals surface area contributed by atoms with Gasteiger partial charge in [-0.25, -0.2) is 4.85 Å². The molecule has 0 fully saturated rings. The van der Waals surface area contributed by atoms with Crippen molar-refractivity contribution in [2.75, 3.05) is 0 Å². The maximum atomic E-state index is 7.32. The molecule has 4 heteroatoms. The molecule has 0 atom stereocenters. The van der Waals surface area contributed by atoms with Gasteiger partial charge in [0.1, 0.15) is 0 Å². The molecule has 1 aromatic heterocycles. The first-order valence-electron chi connectivity index (χ1n) is 8.34. The summed E-state index contributed by atoms with van der Waals surface area (Å²) in [5, 5.41) is 11.9. The Balaban J connectivity index is 0.00000168. The van der Waals surface area contributed by atoms with Gasteiger partial charge < -0.3 is 0 Å². The third-order valence-corrected chi connectivity index (χ3v) is 4.83. The maximum absolute atomic E-state index is 7.32. The molecule has 0 saturated carbocycles. The maximum Gasteiger partial charge on any atom is 0.227 e. The van der Waals surface area contributed by atoms with E-state index in [1.54, 1.807) is 10.9 Å². The SMILES string of the molecule is [C-]#[N+]c1cn(-c2[c-]c3ccc4cccc5ccc(c2)c3c45)nc1CC.[Ir]. The van der Waals surface area contributed by atoms with Crippen molar-refractivity contribution >= 4 is 38.0 Å². The van der Waals surface area contributed by atoms with Gasteiger partial charge in [-0.3, -0.25) is 4.68 Å². The van der Waals surface area contributed by atoms with Crippen LogP contribution < -0.4 is 0 Å². The van der Waals surface area contributed by atoms with Gasteiger partial charge >= 0.3 is 0 Å². The molecule has 4 aromatic carbocycles. The van der Waals surface area contributed by atoms with Gasteiger partial charge in [-0.05, 0) is 28.3 Å². The van der Waals surface area contributed by atoms with Crippen LogP contribution in [0.3, 0.4) is 0 Å². The molecule has 127 valence electrons. The molecule has 1 heterocycles. The van der Waals surface area contributed by atoms with Crippen LogP contribution in [0.2, 0.25) is 0 Å². The van der Waals surface area contributed by atoms with Crippen molar-refractivity contribution in [2.24, 2.45) is 0 Å². The van der Waals surface area contributed by atoms with Gasteiger partial charge in [0.2, 0.25) is 5.69 Å². The predicted octanol–water partition coefficient (Wildman–Crippen LogP) is 5.68. The number of rotatable bonds is 2. The first-order valence-corrected chi connectivity index (χ1v) is 8.34. The number of hydrogen-bond acceptors (Lipinski definition) is 1.